The fourth-order valence-corrected chi connectivity index (χ4v) is 6.67. The number of nitrogens with one attached hydrogen (secondary N) is 4. The van der Waals surface area contributed by atoms with E-state index in [-0.39, 0.29) is 40.4 Å². The Balaban J connectivity index is 1.63. The average Bonchev–Trinajstić information content (AvgIpc) is 2.95. The molecule has 0 aromatic heterocycles. The van der Waals surface area contributed by atoms with Crippen LogP contribution >= 0.6 is 30.9 Å². The molecule has 2 aromatic carbocycles. The highest BCUT2D eigenvalue weighted by Crippen LogP contribution is 2.48. The lowest BCUT2D eigenvalue weighted by Gasteiger charge is -2.37. The number of nitrogens with two attached hydrogens (primary N) is 1. The number of para-hydroxylation sites is 1. The first kappa shape index (κ1) is 32.1. The first-order valence-electron chi connectivity index (χ1n) is 12.5. The summed E-state index contributed by atoms with van der Waals surface area (Å²) in [6.07, 6.45) is 1.65. The van der Waals surface area contributed by atoms with Gasteiger partial charge < -0.3 is 25.6 Å². The number of halogens is 2. The lowest BCUT2D eigenvalue weighted by molar-refractivity contribution is -0.142. The van der Waals surface area contributed by atoms with Crippen molar-refractivity contribution in [2.24, 2.45) is 5.73 Å². The minimum absolute atomic E-state index is 0.0203. The van der Waals surface area contributed by atoms with E-state index in [0.717, 1.165) is 6.20 Å². The summed E-state index contributed by atoms with van der Waals surface area (Å²) in [4.78, 5) is 37.6. The van der Waals surface area contributed by atoms with Crippen molar-refractivity contribution in [1.82, 2.24) is 20.4 Å². The smallest absolute Gasteiger partial charge is 0.393 e. The fourth-order valence-electron chi connectivity index (χ4n) is 4.00. The van der Waals surface area contributed by atoms with Crippen molar-refractivity contribution >= 4 is 54.4 Å². The molecule has 1 unspecified atom stereocenters. The van der Waals surface area contributed by atoms with Crippen molar-refractivity contribution in [1.29, 1.82) is 5.41 Å². The average molecular weight is 625 g/mol. The van der Waals surface area contributed by atoms with Crippen LogP contribution in [0, 0.1) is 5.41 Å². The van der Waals surface area contributed by atoms with E-state index >= 15 is 0 Å². The van der Waals surface area contributed by atoms with Crippen molar-refractivity contribution in [2.75, 3.05) is 20.2 Å². The Labute approximate surface area is 247 Å². The normalized spacial score (nSPS) is 16.6. The van der Waals surface area contributed by atoms with Crippen LogP contribution < -0.4 is 26.0 Å². The van der Waals surface area contributed by atoms with E-state index < -0.39 is 37.2 Å². The largest absolute Gasteiger partial charge is 0.468 e. The number of esters is 1. The van der Waals surface area contributed by atoms with Crippen LogP contribution in [0.1, 0.15) is 30.1 Å². The highest BCUT2D eigenvalue weighted by molar-refractivity contribution is 7.54. The molecule has 3 rings (SSSR count). The van der Waals surface area contributed by atoms with Crippen LogP contribution in [0.15, 0.2) is 60.4 Å². The zero-order chi connectivity index (χ0) is 30.2. The molecule has 1 aliphatic rings. The van der Waals surface area contributed by atoms with E-state index in [1.165, 1.54) is 26.2 Å². The molecule has 2 amide bonds. The van der Waals surface area contributed by atoms with Crippen LogP contribution in [-0.2, 0) is 18.9 Å². The minimum atomic E-state index is -3.76. The van der Waals surface area contributed by atoms with Gasteiger partial charge in [0, 0.05) is 25.3 Å². The van der Waals surface area contributed by atoms with Gasteiger partial charge in [-0.15, -0.1) is 0 Å². The number of ether oxygens (including phenoxy) is 1. The molecule has 41 heavy (non-hydrogen) atoms. The van der Waals surface area contributed by atoms with Crippen molar-refractivity contribution in [3.63, 3.8) is 0 Å². The van der Waals surface area contributed by atoms with Gasteiger partial charge in [-0.25, -0.2) is 14.3 Å². The Morgan fingerprint density at radius 1 is 1.10 bits per heavy atom. The predicted octanol–water partition coefficient (Wildman–Crippen LogP) is 3.46. The van der Waals surface area contributed by atoms with Crippen LogP contribution in [0.25, 0.3) is 0 Å². The maximum absolute atomic E-state index is 14.0. The summed E-state index contributed by atoms with van der Waals surface area (Å²) in [6, 6.07) is 11.8. The number of piperidine rings is 1. The number of carbonyl (C=O) groups is 3. The van der Waals surface area contributed by atoms with Crippen molar-refractivity contribution in [3.05, 3.63) is 76.0 Å². The second kappa shape index (κ2) is 14.5. The molecule has 1 aliphatic heterocycles. The number of hydrogen-bond acceptors (Lipinski definition) is 8. The zero-order valence-corrected chi connectivity index (χ0v) is 24.8. The molecule has 0 bridgehead atoms. The fraction of sp³-hybridized carbons (Fsp3) is 0.308. The first-order chi connectivity index (χ1) is 19.5. The molecule has 2 aromatic rings. The Morgan fingerprint density at radius 3 is 2.27 bits per heavy atom. The summed E-state index contributed by atoms with van der Waals surface area (Å²) in [5, 5.41) is 16.4. The molecule has 0 spiro atoms. The summed E-state index contributed by atoms with van der Waals surface area (Å²) in [6.45, 7) is 2.00. The molecular weight excluding hydrogens is 594 g/mol. The monoisotopic (exact) mass is 624 g/mol. The Bertz CT molecular complexity index is 1350. The molecule has 0 aliphatic carbocycles. The predicted molar refractivity (Wildman–Crippen MR) is 156 cm³/mol. The summed E-state index contributed by atoms with van der Waals surface area (Å²) >= 11 is 12.1. The van der Waals surface area contributed by atoms with Gasteiger partial charge in [-0.3, -0.25) is 19.8 Å². The number of methoxy groups -OCH3 is 1. The Hall–Kier alpha value is -3.41. The van der Waals surface area contributed by atoms with Gasteiger partial charge in [0.15, 0.2) is 0 Å². The van der Waals surface area contributed by atoms with Gasteiger partial charge in [-0.05, 0) is 44.0 Å². The number of nitrogens with zero attached hydrogens (tertiary/aromatic N) is 1. The Morgan fingerprint density at radius 2 is 1.71 bits per heavy atom. The highest BCUT2D eigenvalue weighted by atomic mass is 35.5. The van der Waals surface area contributed by atoms with Crippen LogP contribution in [0.3, 0.4) is 0 Å². The van der Waals surface area contributed by atoms with E-state index in [0.29, 0.717) is 18.6 Å². The van der Waals surface area contributed by atoms with Gasteiger partial charge in [-0.1, -0.05) is 47.5 Å². The van der Waals surface area contributed by atoms with E-state index in [2.05, 4.69) is 15.7 Å². The molecule has 0 radical (unpaired) electrons. The molecule has 6 N–H and O–H groups in total. The Kier molecular flexibility index (Phi) is 11.3. The SMILES string of the molecule is COC(=O)[C@H](C)NP(=O)(Oc1ccccc1)N1CCC(NC(=O)C(=N)/C(=C\N)NC(=O)c2c(Cl)cccc2Cl)CC1. The van der Waals surface area contributed by atoms with Crippen molar-refractivity contribution in [3.8, 4) is 5.75 Å². The quantitative estimate of drug-likeness (QED) is 0.142. The summed E-state index contributed by atoms with van der Waals surface area (Å²) in [5.41, 5.74) is 4.77. The van der Waals surface area contributed by atoms with E-state index in [4.69, 9.17) is 43.6 Å². The van der Waals surface area contributed by atoms with Crippen molar-refractivity contribution in [2.45, 2.75) is 31.8 Å². The highest BCUT2D eigenvalue weighted by Gasteiger charge is 2.39. The van der Waals surface area contributed by atoms with Gasteiger partial charge >= 0.3 is 13.6 Å². The summed E-state index contributed by atoms with van der Waals surface area (Å²) in [7, 11) is -2.53. The third-order valence-corrected chi connectivity index (χ3v) is 9.11. The second-order valence-corrected chi connectivity index (χ2v) is 11.9. The summed E-state index contributed by atoms with van der Waals surface area (Å²) in [5.74, 6) is -1.75. The maximum Gasteiger partial charge on any atom is 0.393 e. The molecule has 15 heteroatoms. The second-order valence-electron chi connectivity index (χ2n) is 9.01. The van der Waals surface area contributed by atoms with E-state index in [1.807, 2.05) is 0 Å². The zero-order valence-electron chi connectivity index (χ0n) is 22.4. The van der Waals surface area contributed by atoms with E-state index in [9.17, 15) is 18.9 Å². The van der Waals surface area contributed by atoms with Crippen LogP contribution in [0.5, 0.6) is 5.75 Å². The third-order valence-electron chi connectivity index (χ3n) is 6.16. The van der Waals surface area contributed by atoms with Gasteiger partial charge in [0.2, 0.25) is 0 Å². The molecule has 2 atom stereocenters. The van der Waals surface area contributed by atoms with E-state index in [1.54, 1.807) is 41.1 Å². The standard InChI is InChI=1S/C26H31Cl2N6O6P/c1-16(26(37)39-2)33-41(38,40-18-7-4-3-5-8-18)34-13-11-17(12-14-34)31-25(36)23(30)21(15-29)32-24(35)22-19(27)9-6-10-20(22)28/h3-10,15-17,30H,11-14,29H2,1-2H3,(H,31,36)(H,32,35)(H,33,38)/b21-15+,30-23?/t16-,41?/m0/s1. The maximum atomic E-state index is 14.0. The lowest BCUT2D eigenvalue weighted by atomic mass is 10.1. The molecule has 220 valence electrons. The molecule has 0 saturated carbocycles. The van der Waals surface area contributed by atoms with Gasteiger partial charge in [-0.2, -0.15) is 0 Å². The molecule has 1 fully saturated rings. The van der Waals surface area contributed by atoms with Gasteiger partial charge in [0.25, 0.3) is 11.8 Å². The number of carbonyl (C=O) groups excluding carboxylic acids is 3. The number of amides is 2. The molecule has 12 nitrogen and oxygen atoms in total. The molecular formula is C26H31Cl2N6O6P. The van der Waals surface area contributed by atoms with Crippen LogP contribution in [0.2, 0.25) is 10.0 Å². The first-order valence-corrected chi connectivity index (χ1v) is 14.8. The summed E-state index contributed by atoms with van der Waals surface area (Å²) < 4.78 is 26.2. The minimum Gasteiger partial charge on any atom is -0.468 e. The molecule has 1 saturated heterocycles. The van der Waals surface area contributed by atoms with Crippen LogP contribution in [-0.4, -0.2) is 60.4 Å². The third kappa shape index (κ3) is 8.31. The number of hydrogen-bond donors (Lipinski definition) is 5. The molecule has 1 heterocycles. The van der Waals surface area contributed by atoms with Gasteiger partial charge in [0.1, 0.15) is 17.5 Å². The van der Waals surface area contributed by atoms with Crippen LogP contribution in [0.4, 0.5) is 0 Å². The number of benzene rings is 2. The lowest BCUT2D eigenvalue weighted by Crippen LogP contribution is -2.49. The topological polar surface area (TPSA) is 176 Å². The van der Waals surface area contributed by atoms with Gasteiger partial charge in [0.05, 0.1) is 28.4 Å². The number of rotatable bonds is 11. The van der Waals surface area contributed by atoms with Crippen molar-refractivity contribution < 1.29 is 28.2 Å².